The number of nitrogens with zero attached hydrogens (tertiary/aromatic N) is 1. The van der Waals surface area contributed by atoms with Gasteiger partial charge in [0, 0.05) is 6.54 Å². The van der Waals surface area contributed by atoms with Crippen molar-refractivity contribution in [1.82, 2.24) is 4.90 Å². The summed E-state index contributed by atoms with van der Waals surface area (Å²) in [6.07, 6.45) is 13.5. The maximum absolute atomic E-state index is 10.8. The maximum atomic E-state index is 10.8. The summed E-state index contributed by atoms with van der Waals surface area (Å²) in [5.41, 5.74) is 0. The van der Waals surface area contributed by atoms with Gasteiger partial charge in [0.2, 0.25) is 0 Å². The lowest BCUT2D eigenvalue weighted by Gasteiger charge is -2.18. The molecule has 0 bridgehead atoms. The van der Waals surface area contributed by atoms with Gasteiger partial charge in [0.15, 0.2) is 0 Å². The lowest BCUT2D eigenvalue weighted by molar-refractivity contribution is -0.141. The molecule has 0 saturated heterocycles. The molecule has 0 rings (SSSR count). The Bertz CT molecular complexity index is 231. The third kappa shape index (κ3) is 12.5. The Morgan fingerprint density at radius 3 is 1.85 bits per heavy atom. The molecule has 20 heavy (non-hydrogen) atoms. The molecule has 0 aliphatic rings. The molecular formula is C17H35NO2. The van der Waals surface area contributed by atoms with Gasteiger partial charge in [-0.25, -0.2) is 0 Å². The SMILES string of the molecule is CCCCCCCCCCCCN(C)CC(C)C(=O)O. The van der Waals surface area contributed by atoms with Gasteiger partial charge in [-0.1, -0.05) is 71.6 Å². The van der Waals surface area contributed by atoms with Crippen molar-refractivity contribution in [2.75, 3.05) is 20.1 Å². The first-order valence-electron chi connectivity index (χ1n) is 8.49. The van der Waals surface area contributed by atoms with Crippen LogP contribution in [0.3, 0.4) is 0 Å². The van der Waals surface area contributed by atoms with Crippen molar-refractivity contribution in [3.63, 3.8) is 0 Å². The highest BCUT2D eigenvalue weighted by atomic mass is 16.4. The highest BCUT2D eigenvalue weighted by molar-refractivity contribution is 5.69. The van der Waals surface area contributed by atoms with E-state index >= 15 is 0 Å². The fourth-order valence-electron chi connectivity index (χ4n) is 2.51. The second-order valence-electron chi connectivity index (χ2n) is 6.18. The number of hydrogen-bond donors (Lipinski definition) is 1. The van der Waals surface area contributed by atoms with Gasteiger partial charge in [-0.05, 0) is 20.0 Å². The minimum absolute atomic E-state index is 0.261. The average Bonchev–Trinajstić information content (AvgIpc) is 2.40. The van der Waals surface area contributed by atoms with E-state index in [9.17, 15) is 4.79 Å². The molecule has 3 nitrogen and oxygen atoms in total. The van der Waals surface area contributed by atoms with E-state index < -0.39 is 5.97 Å². The number of hydrogen-bond acceptors (Lipinski definition) is 2. The molecule has 3 heteroatoms. The maximum Gasteiger partial charge on any atom is 0.307 e. The topological polar surface area (TPSA) is 40.5 Å². The van der Waals surface area contributed by atoms with Crippen molar-refractivity contribution >= 4 is 5.97 Å². The van der Waals surface area contributed by atoms with Crippen molar-refractivity contribution < 1.29 is 9.90 Å². The third-order valence-electron chi connectivity index (χ3n) is 3.90. The van der Waals surface area contributed by atoms with Crippen LogP contribution in [-0.4, -0.2) is 36.1 Å². The summed E-state index contributed by atoms with van der Waals surface area (Å²) < 4.78 is 0. The van der Waals surface area contributed by atoms with Crippen LogP contribution in [0.2, 0.25) is 0 Å². The van der Waals surface area contributed by atoms with Crippen molar-refractivity contribution in [3.05, 3.63) is 0 Å². The molecule has 0 aromatic rings. The highest BCUT2D eigenvalue weighted by Gasteiger charge is 2.12. The van der Waals surface area contributed by atoms with Crippen molar-refractivity contribution in [3.8, 4) is 0 Å². The van der Waals surface area contributed by atoms with Gasteiger partial charge in [-0.2, -0.15) is 0 Å². The van der Waals surface area contributed by atoms with Crippen LogP contribution in [0.15, 0.2) is 0 Å². The molecule has 0 saturated carbocycles. The van der Waals surface area contributed by atoms with Crippen molar-refractivity contribution in [2.45, 2.75) is 78.1 Å². The molecule has 1 N–H and O–H groups in total. The van der Waals surface area contributed by atoms with Gasteiger partial charge in [-0.15, -0.1) is 0 Å². The molecule has 0 heterocycles. The largest absolute Gasteiger partial charge is 0.481 e. The molecule has 0 aromatic carbocycles. The zero-order chi connectivity index (χ0) is 15.2. The molecule has 0 aliphatic heterocycles. The van der Waals surface area contributed by atoms with E-state index in [4.69, 9.17) is 5.11 Å². The fraction of sp³-hybridized carbons (Fsp3) is 0.941. The second kappa shape index (κ2) is 13.4. The minimum atomic E-state index is -0.695. The molecule has 1 atom stereocenters. The Labute approximate surface area is 125 Å². The predicted octanol–water partition coefficient (Wildman–Crippen LogP) is 4.56. The lowest BCUT2D eigenvalue weighted by Crippen LogP contribution is -2.29. The molecule has 0 radical (unpaired) electrons. The van der Waals surface area contributed by atoms with Crippen LogP contribution in [0.5, 0.6) is 0 Å². The zero-order valence-corrected chi connectivity index (χ0v) is 13.9. The first-order valence-corrected chi connectivity index (χ1v) is 8.49. The Morgan fingerprint density at radius 2 is 1.40 bits per heavy atom. The average molecular weight is 285 g/mol. The summed E-state index contributed by atoms with van der Waals surface area (Å²) in [6, 6.07) is 0. The van der Waals surface area contributed by atoms with Gasteiger partial charge >= 0.3 is 5.97 Å². The Hall–Kier alpha value is -0.570. The van der Waals surface area contributed by atoms with E-state index in [-0.39, 0.29) is 5.92 Å². The summed E-state index contributed by atoms with van der Waals surface area (Å²) in [5, 5.41) is 8.85. The number of carbonyl (C=O) groups is 1. The number of carboxylic acid groups (broad SMARTS) is 1. The Kier molecular flexibility index (Phi) is 13.0. The molecule has 0 aliphatic carbocycles. The molecule has 120 valence electrons. The summed E-state index contributed by atoms with van der Waals surface area (Å²) in [6.45, 7) is 5.71. The standard InChI is InChI=1S/C17H35NO2/c1-4-5-6-7-8-9-10-11-12-13-14-18(3)15-16(2)17(19)20/h16H,4-15H2,1-3H3,(H,19,20). The minimum Gasteiger partial charge on any atom is -0.481 e. The van der Waals surface area contributed by atoms with Crippen LogP contribution in [-0.2, 0) is 4.79 Å². The van der Waals surface area contributed by atoms with Crippen LogP contribution >= 0.6 is 0 Å². The first kappa shape index (κ1) is 19.4. The van der Waals surface area contributed by atoms with Crippen LogP contribution in [0.1, 0.15) is 78.1 Å². The van der Waals surface area contributed by atoms with Crippen molar-refractivity contribution in [2.24, 2.45) is 5.92 Å². The van der Waals surface area contributed by atoms with E-state index in [0.29, 0.717) is 6.54 Å². The predicted molar refractivity (Wildman–Crippen MR) is 86.1 cm³/mol. The molecule has 0 spiro atoms. The van der Waals surface area contributed by atoms with Gasteiger partial charge in [-0.3, -0.25) is 4.79 Å². The van der Waals surface area contributed by atoms with E-state index in [1.807, 2.05) is 7.05 Å². The normalized spacial score (nSPS) is 12.8. The van der Waals surface area contributed by atoms with Crippen molar-refractivity contribution in [1.29, 1.82) is 0 Å². The van der Waals surface area contributed by atoms with Crippen LogP contribution in [0.25, 0.3) is 0 Å². The number of aliphatic carboxylic acids is 1. The third-order valence-corrected chi connectivity index (χ3v) is 3.90. The molecule has 1 unspecified atom stereocenters. The van der Waals surface area contributed by atoms with E-state index in [1.54, 1.807) is 6.92 Å². The molecular weight excluding hydrogens is 250 g/mol. The van der Waals surface area contributed by atoms with E-state index in [1.165, 1.54) is 64.2 Å². The van der Waals surface area contributed by atoms with E-state index in [0.717, 1.165) is 6.54 Å². The lowest BCUT2D eigenvalue weighted by atomic mass is 10.1. The summed E-state index contributed by atoms with van der Waals surface area (Å²) in [5.74, 6) is -0.956. The molecule has 0 aromatic heterocycles. The van der Waals surface area contributed by atoms with Gasteiger partial charge < -0.3 is 10.0 Å². The fourth-order valence-corrected chi connectivity index (χ4v) is 2.51. The molecule has 0 amide bonds. The monoisotopic (exact) mass is 285 g/mol. The summed E-state index contributed by atoms with van der Waals surface area (Å²) in [4.78, 5) is 12.9. The van der Waals surface area contributed by atoms with Crippen LogP contribution < -0.4 is 0 Å². The quantitative estimate of drug-likeness (QED) is 0.476. The Morgan fingerprint density at radius 1 is 0.950 bits per heavy atom. The number of unbranched alkanes of at least 4 members (excludes halogenated alkanes) is 9. The second-order valence-corrected chi connectivity index (χ2v) is 6.18. The van der Waals surface area contributed by atoms with Gasteiger partial charge in [0.25, 0.3) is 0 Å². The highest BCUT2D eigenvalue weighted by Crippen LogP contribution is 2.10. The smallest absolute Gasteiger partial charge is 0.307 e. The first-order chi connectivity index (χ1) is 9.57. The summed E-state index contributed by atoms with van der Waals surface area (Å²) >= 11 is 0. The zero-order valence-electron chi connectivity index (χ0n) is 13.9. The van der Waals surface area contributed by atoms with E-state index in [2.05, 4.69) is 11.8 Å². The van der Waals surface area contributed by atoms with Gasteiger partial charge in [0.05, 0.1) is 5.92 Å². The molecule has 0 fully saturated rings. The summed E-state index contributed by atoms with van der Waals surface area (Å²) in [7, 11) is 2.02. The van der Waals surface area contributed by atoms with Crippen LogP contribution in [0, 0.1) is 5.92 Å². The number of carboxylic acids is 1. The van der Waals surface area contributed by atoms with Gasteiger partial charge in [0.1, 0.15) is 0 Å². The van der Waals surface area contributed by atoms with Crippen LogP contribution in [0.4, 0.5) is 0 Å². The Balaban J connectivity index is 3.25. The number of rotatable bonds is 14.